The second-order valence-electron chi connectivity index (χ2n) is 6.41. The molecule has 0 bridgehead atoms. The van der Waals surface area contributed by atoms with Gasteiger partial charge >= 0.3 is 6.09 Å². The summed E-state index contributed by atoms with van der Waals surface area (Å²) in [7, 11) is 0. The number of hydrogen-bond acceptors (Lipinski definition) is 3. The zero-order valence-corrected chi connectivity index (χ0v) is 13.9. The molecule has 122 valence electrons. The summed E-state index contributed by atoms with van der Waals surface area (Å²) in [6, 6.07) is 10.7. The third-order valence-electron chi connectivity index (χ3n) is 4.39. The average Bonchev–Trinajstić information content (AvgIpc) is 2.54. The Morgan fingerprint density at radius 2 is 2.05 bits per heavy atom. The first-order valence-corrected chi connectivity index (χ1v) is 8.29. The van der Waals surface area contributed by atoms with Gasteiger partial charge in [-0.1, -0.05) is 44.2 Å². The van der Waals surface area contributed by atoms with Crippen LogP contribution in [-0.2, 0) is 11.3 Å². The van der Waals surface area contributed by atoms with Crippen molar-refractivity contribution in [2.24, 2.45) is 11.8 Å². The van der Waals surface area contributed by atoms with Crippen molar-refractivity contribution in [1.82, 2.24) is 10.2 Å². The Morgan fingerprint density at radius 3 is 2.68 bits per heavy atom. The molecule has 1 saturated heterocycles. The Kier molecular flexibility index (Phi) is 6.25. The zero-order chi connectivity index (χ0) is 15.9. The topological polar surface area (TPSA) is 41.6 Å². The normalized spacial score (nSPS) is 21.9. The molecule has 0 saturated carbocycles. The highest BCUT2D eigenvalue weighted by molar-refractivity contribution is 5.67. The zero-order valence-electron chi connectivity index (χ0n) is 13.9. The van der Waals surface area contributed by atoms with Crippen molar-refractivity contribution in [3.05, 3.63) is 35.9 Å². The van der Waals surface area contributed by atoms with E-state index in [4.69, 9.17) is 4.74 Å². The van der Waals surface area contributed by atoms with E-state index in [-0.39, 0.29) is 6.09 Å². The fourth-order valence-electron chi connectivity index (χ4n) is 2.99. The summed E-state index contributed by atoms with van der Waals surface area (Å²) in [4.78, 5) is 13.9. The lowest BCUT2D eigenvalue weighted by atomic mass is 9.85. The van der Waals surface area contributed by atoms with Gasteiger partial charge in [0.05, 0.1) is 6.61 Å². The van der Waals surface area contributed by atoms with E-state index in [2.05, 4.69) is 43.4 Å². The van der Waals surface area contributed by atoms with Crippen LogP contribution in [0.5, 0.6) is 0 Å². The minimum Gasteiger partial charge on any atom is -0.450 e. The summed E-state index contributed by atoms with van der Waals surface area (Å²) < 4.78 is 5.18. The lowest BCUT2D eigenvalue weighted by Crippen LogP contribution is -2.52. The first-order valence-electron chi connectivity index (χ1n) is 8.29. The van der Waals surface area contributed by atoms with E-state index < -0.39 is 0 Å². The Morgan fingerprint density at radius 1 is 1.32 bits per heavy atom. The number of nitrogens with one attached hydrogen (secondary N) is 1. The second-order valence-corrected chi connectivity index (χ2v) is 6.41. The second kappa shape index (κ2) is 8.18. The maximum atomic E-state index is 12.1. The van der Waals surface area contributed by atoms with Crippen molar-refractivity contribution in [2.75, 3.05) is 19.7 Å². The molecule has 2 atom stereocenters. The average molecular weight is 304 g/mol. The standard InChI is InChI=1S/C18H28N2O2/c1-4-22-18(21)20-12-16(14(2)3)10-17(13-20)19-11-15-8-6-5-7-9-15/h5-9,14,16-17,19H,4,10-13H2,1-3H3. The van der Waals surface area contributed by atoms with Gasteiger partial charge in [-0.05, 0) is 30.7 Å². The van der Waals surface area contributed by atoms with E-state index in [9.17, 15) is 4.79 Å². The van der Waals surface area contributed by atoms with Crippen LogP contribution in [-0.4, -0.2) is 36.7 Å². The molecule has 0 spiro atoms. The van der Waals surface area contributed by atoms with Crippen LogP contribution in [0.25, 0.3) is 0 Å². The lowest BCUT2D eigenvalue weighted by Gasteiger charge is -2.39. The molecule has 4 heteroatoms. The first kappa shape index (κ1) is 16.8. The molecule has 0 radical (unpaired) electrons. The number of amides is 1. The van der Waals surface area contributed by atoms with Crippen LogP contribution in [0.2, 0.25) is 0 Å². The summed E-state index contributed by atoms with van der Waals surface area (Å²) in [5, 5.41) is 3.60. The number of piperidine rings is 1. The number of rotatable bonds is 5. The van der Waals surface area contributed by atoms with Gasteiger partial charge in [-0.15, -0.1) is 0 Å². The van der Waals surface area contributed by atoms with Crippen molar-refractivity contribution in [3.63, 3.8) is 0 Å². The van der Waals surface area contributed by atoms with Gasteiger partial charge in [0.15, 0.2) is 0 Å². The Bertz CT molecular complexity index is 461. The van der Waals surface area contributed by atoms with Gasteiger partial charge in [0.25, 0.3) is 0 Å². The van der Waals surface area contributed by atoms with E-state index in [1.165, 1.54) is 5.56 Å². The van der Waals surface area contributed by atoms with Crippen molar-refractivity contribution in [3.8, 4) is 0 Å². The SMILES string of the molecule is CCOC(=O)N1CC(NCc2ccccc2)CC(C(C)C)C1. The Balaban J connectivity index is 1.95. The van der Waals surface area contributed by atoms with Crippen LogP contribution < -0.4 is 5.32 Å². The highest BCUT2D eigenvalue weighted by atomic mass is 16.6. The lowest BCUT2D eigenvalue weighted by molar-refractivity contribution is 0.0702. The van der Waals surface area contributed by atoms with Gasteiger partial charge in [0.1, 0.15) is 0 Å². The summed E-state index contributed by atoms with van der Waals surface area (Å²) in [5.74, 6) is 1.09. The van der Waals surface area contributed by atoms with E-state index in [0.717, 1.165) is 26.1 Å². The van der Waals surface area contributed by atoms with Gasteiger partial charge in [-0.2, -0.15) is 0 Å². The van der Waals surface area contributed by atoms with Crippen LogP contribution in [0.15, 0.2) is 30.3 Å². The molecule has 2 rings (SSSR count). The van der Waals surface area contributed by atoms with E-state index in [0.29, 0.717) is 24.5 Å². The number of benzene rings is 1. The summed E-state index contributed by atoms with van der Waals surface area (Å²) in [6.45, 7) is 9.12. The largest absolute Gasteiger partial charge is 0.450 e. The molecule has 1 aromatic carbocycles. The first-order chi connectivity index (χ1) is 10.6. The fraction of sp³-hybridized carbons (Fsp3) is 0.611. The molecule has 4 nitrogen and oxygen atoms in total. The number of hydrogen-bond donors (Lipinski definition) is 1. The summed E-state index contributed by atoms with van der Waals surface area (Å²) >= 11 is 0. The highest BCUT2D eigenvalue weighted by Gasteiger charge is 2.31. The molecule has 1 aromatic rings. The summed E-state index contributed by atoms with van der Waals surface area (Å²) in [6.07, 6.45) is 0.930. The Hall–Kier alpha value is -1.55. The smallest absolute Gasteiger partial charge is 0.409 e. The van der Waals surface area contributed by atoms with Crippen LogP contribution in [0, 0.1) is 11.8 Å². The minimum atomic E-state index is -0.181. The molecule has 2 unspecified atom stereocenters. The molecule has 22 heavy (non-hydrogen) atoms. The number of ether oxygens (including phenoxy) is 1. The monoisotopic (exact) mass is 304 g/mol. The van der Waals surface area contributed by atoms with Gasteiger partial charge in [0, 0.05) is 25.7 Å². The van der Waals surface area contributed by atoms with Crippen LogP contribution in [0.4, 0.5) is 4.79 Å². The number of carbonyl (C=O) groups is 1. The number of likely N-dealkylation sites (tertiary alicyclic amines) is 1. The molecular formula is C18H28N2O2. The predicted molar refractivity (Wildman–Crippen MR) is 88.6 cm³/mol. The number of carbonyl (C=O) groups excluding carboxylic acids is 1. The van der Waals surface area contributed by atoms with Gasteiger partial charge in [-0.3, -0.25) is 0 Å². The minimum absolute atomic E-state index is 0.181. The van der Waals surface area contributed by atoms with Crippen molar-refractivity contribution in [2.45, 2.75) is 39.8 Å². The van der Waals surface area contributed by atoms with Gasteiger partial charge in [0.2, 0.25) is 0 Å². The molecule has 1 amide bonds. The molecule has 1 fully saturated rings. The van der Waals surface area contributed by atoms with Crippen molar-refractivity contribution < 1.29 is 9.53 Å². The molecule has 1 heterocycles. The molecular weight excluding hydrogens is 276 g/mol. The molecule has 1 aliphatic heterocycles. The molecule has 0 aliphatic carbocycles. The number of nitrogens with zero attached hydrogens (tertiary/aromatic N) is 1. The van der Waals surface area contributed by atoms with Crippen molar-refractivity contribution >= 4 is 6.09 Å². The quantitative estimate of drug-likeness (QED) is 0.907. The Labute approximate surface area is 133 Å². The molecule has 1 N–H and O–H groups in total. The van der Waals surface area contributed by atoms with E-state index >= 15 is 0 Å². The van der Waals surface area contributed by atoms with Crippen LogP contribution in [0.3, 0.4) is 0 Å². The van der Waals surface area contributed by atoms with E-state index in [1.54, 1.807) is 0 Å². The van der Waals surface area contributed by atoms with Crippen LogP contribution in [0.1, 0.15) is 32.8 Å². The third kappa shape index (κ3) is 4.73. The maximum Gasteiger partial charge on any atom is 0.409 e. The van der Waals surface area contributed by atoms with Crippen LogP contribution >= 0.6 is 0 Å². The van der Waals surface area contributed by atoms with Gasteiger partial charge in [-0.25, -0.2) is 4.79 Å². The molecule has 1 aliphatic rings. The van der Waals surface area contributed by atoms with Crippen molar-refractivity contribution in [1.29, 1.82) is 0 Å². The summed E-state index contributed by atoms with van der Waals surface area (Å²) in [5.41, 5.74) is 1.27. The fourth-order valence-corrected chi connectivity index (χ4v) is 2.99. The highest BCUT2D eigenvalue weighted by Crippen LogP contribution is 2.24. The predicted octanol–water partition coefficient (Wildman–Crippen LogP) is 3.28. The van der Waals surface area contributed by atoms with E-state index in [1.807, 2.05) is 17.9 Å². The molecule has 0 aromatic heterocycles. The third-order valence-corrected chi connectivity index (χ3v) is 4.39. The van der Waals surface area contributed by atoms with Gasteiger partial charge < -0.3 is 15.0 Å². The maximum absolute atomic E-state index is 12.1.